The highest BCUT2D eigenvalue weighted by molar-refractivity contribution is 5.86. The zero-order valence-electron chi connectivity index (χ0n) is 10.2. The lowest BCUT2D eigenvalue weighted by Gasteiger charge is -2.26. The number of nitrogens with one attached hydrogen (secondary N) is 1. The van der Waals surface area contributed by atoms with Crippen molar-refractivity contribution < 1.29 is 4.74 Å². The Hall–Kier alpha value is -1.51. The summed E-state index contributed by atoms with van der Waals surface area (Å²) in [6.07, 6.45) is 3.40. The fourth-order valence-corrected chi connectivity index (χ4v) is 2.87. The molecular formula is C14H18N2O. The molecular weight excluding hydrogens is 212 g/mol. The Morgan fingerprint density at radius 3 is 3.12 bits per heavy atom. The van der Waals surface area contributed by atoms with Crippen molar-refractivity contribution in [2.75, 3.05) is 20.2 Å². The van der Waals surface area contributed by atoms with E-state index in [4.69, 9.17) is 4.74 Å². The van der Waals surface area contributed by atoms with E-state index >= 15 is 0 Å². The summed E-state index contributed by atoms with van der Waals surface area (Å²) in [5.74, 6) is 2.80. The van der Waals surface area contributed by atoms with Crippen molar-refractivity contribution in [3.8, 4) is 5.75 Å². The summed E-state index contributed by atoms with van der Waals surface area (Å²) in [7, 11) is 1.75. The molecule has 1 N–H and O–H groups in total. The minimum absolute atomic E-state index is 0.557. The summed E-state index contributed by atoms with van der Waals surface area (Å²) in [4.78, 5) is 4.55. The van der Waals surface area contributed by atoms with Crippen LogP contribution in [0.1, 0.15) is 17.5 Å². The van der Waals surface area contributed by atoms with Crippen LogP contribution in [0.2, 0.25) is 0 Å². The number of benzene rings is 1. The van der Waals surface area contributed by atoms with Gasteiger partial charge in [-0.2, -0.15) is 0 Å². The van der Waals surface area contributed by atoms with Crippen molar-refractivity contribution in [2.45, 2.75) is 19.3 Å². The monoisotopic (exact) mass is 230 g/mol. The van der Waals surface area contributed by atoms with Gasteiger partial charge in [-0.1, -0.05) is 12.1 Å². The minimum Gasteiger partial charge on any atom is -0.496 e. The Bertz CT molecular complexity index is 439. The summed E-state index contributed by atoms with van der Waals surface area (Å²) in [5.41, 5.74) is 2.82. The second-order valence-corrected chi connectivity index (χ2v) is 4.73. The van der Waals surface area contributed by atoms with Gasteiger partial charge in [0.25, 0.3) is 0 Å². The second-order valence-electron chi connectivity index (χ2n) is 4.73. The van der Waals surface area contributed by atoms with E-state index in [-0.39, 0.29) is 0 Å². The van der Waals surface area contributed by atoms with Crippen LogP contribution >= 0.6 is 0 Å². The first-order chi connectivity index (χ1) is 8.38. The first-order valence-corrected chi connectivity index (χ1v) is 6.31. The molecule has 0 bridgehead atoms. The van der Waals surface area contributed by atoms with E-state index in [0.717, 1.165) is 31.7 Å². The van der Waals surface area contributed by atoms with Gasteiger partial charge in [-0.05, 0) is 36.5 Å². The number of fused-ring (bicyclic) bond motifs is 1. The maximum Gasteiger partial charge on any atom is 0.122 e. The van der Waals surface area contributed by atoms with E-state index in [1.165, 1.54) is 23.4 Å². The molecule has 0 aromatic heterocycles. The molecule has 90 valence electrons. The van der Waals surface area contributed by atoms with Crippen LogP contribution < -0.4 is 10.1 Å². The van der Waals surface area contributed by atoms with E-state index in [9.17, 15) is 0 Å². The number of rotatable bonds is 2. The predicted molar refractivity (Wildman–Crippen MR) is 68.8 cm³/mol. The maximum absolute atomic E-state index is 5.46. The van der Waals surface area contributed by atoms with Crippen LogP contribution in [-0.2, 0) is 12.8 Å². The van der Waals surface area contributed by atoms with Gasteiger partial charge in [-0.15, -0.1) is 0 Å². The molecule has 1 aliphatic carbocycles. The largest absolute Gasteiger partial charge is 0.496 e. The highest BCUT2D eigenvalue weighted by Gasteiger charge is 2.26. The summed E-state index contributed by atoms with van der Waals surface area (Å²) in [6, 6.07) is 6.37. The third-order valence-corrected chi connectivity index (χ3v) is 3.75. The average molecular weight is 230 g/mol. The number of hydrogen-bond acceptors (Lipinski definition) is 3. The third kappa shape index (κ3) is 1.90. The van der Waals surface area contributed by atoms with Crippen molar-refractivity contribution in [3.05, 3.63) is 29.3 Å². The first kappa shape index (κ1) is 10.6. The molecule has 0 amide bonds. The summed E-state index contributed by atoms with van der Waals surface area (Å²) in [5, 5.41) is 3.40. The Morgan fingerprint density at radius 2 is 2.35 bits per heavy atom. The normalized spacial score (nSPS) is 22.6. The van der Waals surface area contributed by atoms with Crippen molar-refractivity contribution in [3.63, 3.8) is 0 Å². The molecule has 1 heterocycles. The molecule has 17 heavy (non-hydrogen) atoms. The zero-order chi connectivity index (χ0) is 11.7. The quantitative estimate of drug-likeness (QED) is 0.840. The molecule has 1 unspecified atom stereocenters. The average Bonchev–Trinajstić information content (AvgIpc) is 2.91. The first-order valence-electron chi connectivity index (χ1n) is 6.31. The van der Waals surface area contributed by atoms with Gasteiger partial charge in [0.2, 0.25) is 0 Å². The van der Waals surface area contributed by atoms with Crippen molar-refractivity contribution in [1.29, 1.82) is 0 Å². The van der Waals surface area contributed by atoms with Crippen LogP contribution in [0, 0.1) is 5.92 Å². The van der Waals surface area contributed by atoms with Gasteiger partial charge in [-0.3, -0.25) is 4.99 Å². The fraction of sp³-hybridized carbons (Fsp3) is 0.500. The Morgan fingerprint density at radius 1 is 1.41 bits per heavy atom. The van der Waals surface area contributed by atoms with Gasteiger partial charge >= 0.3 is 0 Å². The van der Waals surface area contributed by atoms with Crippen LogP contribution in [0.5, 0.6) is 5.75 Å². The van der Waals surface area contributed by atoms with Crippen molar-refractivity contribution in [1.82, 2.24) is 5.32 Å². The summed E-state index contributed by atoms with van der Waals surface area (Å²) < 4.78 is 5.46. The SMILES string of the molecule is COc1cccc2c1CC(C1=NCCN1)CC2. The molecule has 1 aromatic carbocycles. The Kier molecular flexibility index (Phi) is 2.75. The smallest absolute Gasteiger partial charge is 0.122 e. The topological polar surface area (TPSA) is 33.6 Å². The molecule has 0 saturated carbocycles. The molecule has 3 heteroatoms. The molecule has 1 aromatic rings. The van der Waals surface area contributed by atoms with Crippen LogP contribution in [0.3, 0.4) is 0 Å². The lowest BCUT2D eigenvalue weighted by atomic mass is 9.82. The number of aliphatic imine (C=N–C) groups is 1. The van der Waals surface area contributed by atoms with E-state index in [1.54, 1.807) is 7.11 Å². The summed E-state index contributed by atoms with van der Waals surface area (Å²) >= 11 is 0. The molecule has 0 fully saturated rings. The van der Waals surface area contributed by atoms with Gasteiger partial charge in [0, 0.05) is 12.5 Å². The lowest BCUT2D eigenvalue weighted by Crippen LogP contribution is -2.31. The van der Waals surface area contributed by atoms with Gasteiger partial charge < -0.3 is 10.1 Å². The molecule has 0 saturated heterocycles. The molecule has 0 spiro atoms. The highest BCUT2D eigenvalue weighted by Crippen LogP contribution is 2.32. The maximum atomic E-state index is 5.46. The zero-order valence-corrected chi connectivity index (χ0v) is 10.2. The Balaban J connectivity index is 1.88. The second kappa shape index (κ2) is 4.40. The molecule has 3 nitrogen and oxygen atoms in total. The van der Waals surface area contributed by atoms with Crippen LogP contribution in [0.15, 0.2) is 23.2 Å². The number of aryl methyl sites for hydroxylation is 1. The third-order valence-electron chi connectivity index (χ3n) is 3.75. The number of amidine groups is 1. The van der Waals surface area contributed by atoms with Gasteiger partial charge in [0.1, 0.15) is 5.75 Å². The molecule has 2 aliphatic rings. The van der Waals surface area contributed by atoms with Crippen LogP contribution in [-0.4, -0.2) is 26.0 Å². The molecule has 3 rings (SSSR count). The van der Waals surface area contributed by atoms with Crippen LogP contribution in [0.4, 0.5) is 0 Å². The fourth-order valence-electron chi connectivity index (χ4n) is 2.87. The minimum atomic E-state index is 0.557. The number of hydrogen-bond donors (Lipinski definition) is 1. The van der Waals surface area contributed by atoms with Gasteiger partial charge in [0.05, 0.1) is 19.5 Å². The van der Waals surface area contributed by atoms with E-state index in [1.807, 2.05) is 0 Å². The molecule has 0 radical (unpaired) electrons. The van der Waals surface area contributed by atoms with E-state index in [2.05, 4.69) is 28.5 Å². The highest BCUT2D eigenvalue weighted by atomic mass is 16.5. The Labute approximate surface area is 102 Å². The predicted octanol–water partition coefficient (Wildman–Crippen LogP) is 1.80. The standard InChI is InChI=1S/C14H18N2O/c1-17-13-4-2-3-10-5-6-11(9-12(10)13)14-15-7-8-16-14/h2-4,11H,5-9H2,1H3,(H,15,16). The lowest BCUT2D eigenvalue weighted by molar-refractivity contribution is 0.402. The number of ether oxygens (including phenoxy) is 1. The number of methoxy groups -OCH3 is 1. The summed E-state index contributed by atoms with van der Waals surface area (Å²) in [6.45, 7) is 1.94. The van der Waals surface area contributed by atoms with E-state index < -0.39 is 0 Å². The number of nitrogens with zero attached hydrogens (tertiary/aromatic N) is 1. The molecule has 1 aliphatic heterocycles. The van der Waals surface area contributed by atoms with E-state index in [0.29, 0.717) is 5.92 Å². The van der Waals surface area contributed by atoms with Crippen molar-refractivity contribution >= 4 is 5.84 Å². The molecule has 1 atom stereocenters. The van der Waals surface area contributed by atoms with Gasteiger partial charge in [0.15, 0.2) is 0 Å². The van der Waals surface area contributed by atoms with Gasteiger partial charge in [-0.25, -0.2) is 0 Å². The van der Waals surface area contributed by atoms with Crippen LogP contribution in [0.25, 0.3) is 0 Å². The van der Waals surface area contributed by atoms with Crippen molar-refractivity contribution in [2.24, 2.45) is 10.9 Å².